The van der Waals surface area contributed by atoms with E-state index in [-0.39, 0.29) is 10.8 Å². The molecule has 4 nitrogen and oxygen atoms in total. The van der Waals surface area contributed by atoms with Crippen LogP contribution in [0.3, 0.4) is 0 Å². The zero-order valence-corrected chi connectivity index (χ0v) is 10.8. The van der Waals surface area contributed by atoms with Gasteiger partial charge in [0.15, 0.2) is 11.6 Å². The summed E-state index contributed by atoms with van der Waals surface area (Å²) >= 11 is 11.8. The van der Waals surface area contributed by atoms with Crippen molar-refractivity contribution in [1.82, 2.24) is 4.98 Å². The van der Waals surface area contributed by atoms with Crippen LogP contribution in [-0.4, -0.2) is 16.1 Å². The van der Waals surface area contributed by atoms with Crippen molar-refractivity contribution in [3.8, 4) is 0 Å². The van der Waals surface area contributed by atoms with Gasteiger partial charge in [-0.15, -0.1) is 0 Å². The molecule has 2 aromatic rings. The highest BCUT2D eigenvalue weighted by Gasteiger charge is 2.16. The molecule has 2 rings (SSSR count). The van der Waals surface area contributed by atoms with Crippen molar-refractivity contribution in [2.24, 2.45) is 0 Å². The van der Waals surface area contributed by atoms with Crippen molar-refractivity contribution >= 4 is 40.7 Å². The summed E-state index contributed by atoms with van der Waals surface area (Å²) in [6, 6.07) is 5.84. The van der Waals surface area contributed by atoms with Crippen LogP contribution in [0.5, 0.6) is 0 Å². The van der Waals surface area contributed by atoms with Crippen molar-refractivity contribution < 1.29 is 14.3 Å². The molecule has 0 unspecified atom stereocenters. The Morgan fingerprint density at radius 2 is 2.05 bits per heavy atom. The fourth-order valence-electron chi connectivity index (χ4n) is 1.42. The summed E-state index contributed by atoms with van der Waals surface area (Å²) in [5.74, 6) is -2.57. The van der Waals surface area contributed by atoms with Gasteiger partial charge in [-0.3, -0.25) is 0 Å². The molecule has 0 atom stereocenters. The van der Waals surface area contributed by atoms with E-state index >= 15 is 0 Å². The van der Waals surface area contributed by atoms with E-state index in [9.17, 15) is 9.18 Å². The van der Waals surface area contributed by atoms with Crippen LogP contribution in [0.2, 0.25) is 10.0 Å². The highest BCUT2D eigenvalue weighted by Crippen LogP contribution is 2.32. The smallest absolute Gasteiger partial charge is 0.338 e. The predicted molar refractivity (Wildman–Crippen MR) is 70.9 cm³/mol. The summed E-state index contributed by atoms with van der Waals surface area (Å²) in [5.41, 5.74) is -0.140. The van der Waals surface area contributed by atoms with Gasteiger partial charge in [0.25, 0.3) is 0 Å². The summed E-state index contributed by atoms with van der Waals surface area (Å²) in [7, 11) is 0. The lowest BCUT2D eigenvalue weighted by Gasteiger charge is -2.10. The minimum absolute atomic E-state index is 0.200. The third-order valence-corrected chi connectivity index (χ3v) is 3.14. The fraction of sp³-hybridized carbons (Fsp3) is 0. The lowest BCUT2D eigenvalue weighted by atomic mass is 10.2. The Morgan fingerprint density at radius 3 is 2.74 bits per heavy atom. The Hall–Kier alpha value is -1.85. The lowest BCUT2D eigenvalue weighted by molar-refractivity contribution is 0.0692. The largest absolute Gasteiger partial charge is 0.478 e. The molecule has 0 aliphatic rings. The second-order valence-electron chi connectivity index (χ2n) is 3.55. The lowest BCUT2D eigenvalue weighted by Crippen LogP contribution is -2.05. The molecule has 0 fully saturated rings. The molecule has 0 aliphatic carbocycles. The number of aromatic carboxylic acids is 1. The first kappa shape index (κ1) is 13.6. The molecule has 7 heteroatoms. The highest BCUT2D eigenvalue weighted by molar-refractivity contribution is 6.43. The number of carbonyl (C=O) groups is 1. The maximum absolute atomic E-state index is 13.9. The summed E-state index contributed by atoms with van der Waals surface area (Å²) in [6.07, 6.45) is 1.19. The first-order chi connectivity index (χ1) is 9.00. The number of carboxylic acid groups (broad SMARTS) is 1. The second-order valence-corrected chi connectivity index (χ2v) is 4.34. The van der Waals surface area contributed by atoms with Gasteiger partial charge in [-0.25, -0.2) is 14.2 Å². The number of anilines is 2. The summed E-state index contributed by atoms with van der Waals surface area (Å²) < 4.78 is 13.9. The van der Waals surface area contributed by atoms with Gasteiger partial charge in [0, 0.05) is 6.20 Å². The molecular weight excluding hydrogens is 294 g/mol. The van der Waals surface area contributed by atoms with E-state index in [1.807, 2.05) is 0 Å². The maximum atomic E-state index is 13.9. The van der Waals surface area contributed by atoms with Gasteiger partial charge in [0.05, 0.1) is 15.7 Å². The van der Waals surface area contributed by atoms with Crippen LogP contribution in [0.15, 0.2) is 30.5 Å². The predicted octanol–water partition coefficient (Wildman–Crippen LogP) is 3.97. The average molecular weight is 301 g/mol. The van der Waals surface area contributed by atoms with Crippen molar-refractivity contribution in [3.63, 3.8) is 0 Å². The van der Waals surface area contributed by atoms with Crippen LogP contribution >= 0.6 is 23.2 Å². The van der Waals surface area contributed by atoms with E-state index in [4.69, 9.17) is 28.3 Å². The van der Waals surface area contributed by atoms with Crippen molar-refractivity contribution in [2.45, 2.75) is 0 Å². The molecule has 0 aliphatic heterocycles. The minimum Gasteiger partial charge on any atom is -0.478 e. The third kappa shape index (κ3) is 2.77. The van der Waals surface area contributed by atoms with E-state index in [0.29, 0.717) is 10.7 Å². The summed E-state index contributed by atoms with van der Waals surface area (Å²) in [5, 5.41) is 11.9. The van der Waals surface area contributed by atoms with Gasteiger partial charge in [0.2, 0.25) is 0 Å². The fourth-order valence-corrected chi connectivity index (χ4v) is 1.77. The average Bonchev–Trinajstić information content (AvgIpc) is 2.37. The zero-order valence-electron chi connectivity index (χ0n) is 9.32. The zero-order chi connectivity index (χ0) is 14.0. The van der Waals surface area contributed by atoms with Crippen LogP contribution < -0.4 is 5.32 Å². The SMILES string of the molecule is O=C(O)c1ccnc(Nc2cccc(Cl)c2Cl)c1F. The molecule has 0 bridgehead atoms. The monoisotopic (exact) mass is 300 g/mol. The molecule has 0 saturated heterocycles. The molecule has 1 aromatic carbocycles. The maximum Gasteiger partial charge on any atom is 0.338 e. The molecule has 0 amide bonds. The summed E-state index contributed by atoms with van der Waals surface area (Å²) in [4.78, 5) is 14.5. The first-order valence-electron chi connectivity index (χ1n) is 5.09. The van der Waals surface area contributed by atoms with Crippen LogP contribution in [0.4, 0.5) is 15.9 Å². The Morgan fingerprint density at radius 1 is 1.32 bits per heavy atom. The van der Waals surface area contributed by atoms with E-state index < -0.39 is 17.3 Å². The Balaban J connectivity index is 2.42. The minimum atomic E-state index is -1.37. The molecule has 19 heavy (non-hydrogen) atoms. The number of halogens is 3. The van der Waals surface area contributed by atoms with Crippen LogP contribution in [0.1, 0.15) is 10.4 Å². The molecule has 1 heterocycles. The number of nitrogens with one attached hydrogen (secondary N) is 1. The highest BCUT2D eigenvalue weighted by atomic mass is 35.5. The van der Waals surface area contributed by atoms with Crippen molar-refractivity contribution in [1.29, 1.82) is 0 Å². The molecule has 0 spiro atoms. The topological polar surface area (TPSA) is 62.2 Å². The van der Waals surface area contributed by atoms with Crippen LogP contribution in [0.25, 0.3) is 0 Å². The van der Waals surface area contributed by atoms with Crippen molar-refractivity contribution in [2.75, 3.05) is 5.32 Å². The van der Waals surface area contributed by atoms with Crippen molar-refractivity contribution in [3.05, 3.63) is 51.9 Å². The molecule has 98 valence electrons. The van der Waals surface area contributed by atoms with E-state index in [0.717, 1.165) is 6.07 Å². The number of nitrogens with zero attached hydrogens (tertiary/aromatic N) is 1. The van der Waals surface area contributed by atoms with Gasteiger partial charge in [0.1, 0.15) is 5.56 Å². The second kappa shape index (κ2) is 5.42. The van der Waals surface area contributed by atoms with Gasteiger partial charge in [-0.1, -0.05) is 29.3 Å². The standard InChI is InChI=1S/C12H7Cl2FN2O2/c13-7-2-1-3-8(9(7)14)17-11-10(15)6(12(18)19)4-5-16-11/h1-5H,(H,16,17)(H,18,19). The number of hydrogen-bond acceptors (Lipinski definition) is 3. The number of benzene rings is 1. The van der Waals surface area contributed by atoms with Gasteiger partial charge < -0.3 is 10.4 Å². The number of aromatic nitrogens is 1. The number of rotatable bonds is 3. The molecule has 0 radical (unpaired) electrons. The molecule has 0 saturated carbocycles. The first-order valence-corrected chi connectivity index (χ1v) is 5.85. The van der Waals surface area contributed by atoms with E-state index in [1.54, 1.807) is 18.2 Å². The van der Waals surface area contributed by atoms with Gasteiger partial charge in [-0.05, 0) is 18.2 Å². The summed E-state index contributed by atoms with van der Waals surface area (Å²) in [6.45, 7) is 0. The van der Waals surface area contributed by atoms with E-state index in [1.165, 1.54) is 6.20 Å². The Kier molecular flexibility index (Phi) is 3.87. The molecule has 2 N–H and O–H groups in total. The van der Waals surface area contributed by atoms with Gasteiger partial charge in [-0.2, -0.15) is 0 Å². The number of pyridine rings is 1. The number of carboxylic acids is 1. The Labute approximate surface area is 117 Å². The third-order valence-electron chi connectivity index (χ3n) is 2.32. The van der Waals surface area contributed by atoms with Crippen LogP contribution in [-0.2, 0) is 0 Å². The van der Waals surface area contributed by atoms with Gasteiger partial charge >= 0.3 is 5.97 Å². The van der Waals surface area contributed by atoms with Crippen LogP contribution in [0, 0.1) is 5.82 Å². The molecule has 1 aromatic heterocycles. The quantitative estimate of drug-likeness (QED) is 0.900. The Bertz CT molecular complexity index is 650. The number of hydrogen-bond donors (Lipinski definition) is 2. The molecular formula is C12H7Cl2FN2O2. The van der Waals surface area contributed by atoms with E-state index in [2.05, 4.69) is 10.3 Å². The normalized spacial score (nSPS) is 10.3.